The molecule has 1 heterocycles. The van der Waals surface area contributed by atoms with E-state index in [1.165, 1.54) is 57.5 Å². The molecular formula is C40H55N. The highest BCUT2D eigenvalue weighted by Crippen LogP contribution is 2.29. The first-order valence-corrected chi connectivity index (χ1v) is 15.7. The summed E-state index contributed by atoms with van der Waals surface area (Å²) in [7, 11) is 0. The second kappa shape index (κ2) is 16.9. The van der Waals surface area contributed by atoms with Crippen LogP contribution >= 0.6 is 0 Å². The van der Waals surface area contributed by atoms with E-state index in [0.29, 0.717) is 11.8 Å². The summed E-state index contributed by atoms with van der Waals surface area (Å²) in [5.41, 5.74) is 11.3. The van der Waals surface area contributed by atoms with Crippen molar-refractivity contribution in [1.29, 1.82) is 0 Å². The lowest BCUT2D eigenvalue weighted by Crippen LogP contribution is -2.13. The third-order valence-electron chi connectivity index (χ3n) is 8.04. The molecule has 1 heteroatoms. The van der Waals surface area contributed by atoms with Crippen LogP contribution in [0.4, 0.5) is 0 Å². The molecule has 0 amide bonds. The van der Waals surface area contributed by atoms with E-state index in [1.807, 2.05) is 6.21 Å². The Bertz CT molecular complexity index is 1220. The standard InChI is InChI=1S/C15H24.C14H14.C11H17N/c1-7-11(2)13-8-9-14(12(3)10-13)15(4,5)6;1-12(13-8-4-2-5-9-13)14-10-6-3-7-11-14;1-4-6-11-10(5-2)9(3)7-8-12-11/h8-11H,7H2,1-6H3;2-12H,1H3;8H,3-7H2,1-2H3. The summed E-state index contributed by atoms with van der Waals surface area (Å²) in [6, 6.07) is 28.1. The van der Waals surface area contributed by atoms with Crippen LogP contribution in [0.3, 0.4) is 0 Å². The Kier molecular flexibility index (Phi) is 14.0. The molecule has 3 aromatic rings. The van der Waals surface area contributed by atoms with Crippen LogP contribution in [-0.4, -0.2) is 6.21 Å². The predicted molar refractivity (Wildman–Crippen MR) is 183 cm³/mol. The molecule has 0 bridgehead atoms. The van der Waals surface area contributed by atoms with Crippen molar-refractivity contribution in [3.63, 3.8) is 0 Å². The van der Waals surface area contributed by atoms with Crippen LogP contribution in [0.5, 0.6) is 0 Å². The summed E-state index contributed by atoms with van der Waals surface area (Å²) in [6.07, 6.45) is 7.48. The lowest BCUT2D eigenvalue weighted by atomic mass is 9.82. The monoisotopic (exact) mass is 549 g/mol. The van der Waals surface area contributed by atoms with Gasteiger partial charge in [0, 0.05) is 24.3 Å². The molecular weight excluding hydrogens is 494 g/mol. The van der Waals surface area contributed by atoms with Gasteiger partial charge in [-0.25, -0.2) is 0 Å². The predicted octanol–water partition coefficient (Wildman–Crippen LogP) is 12.1. The molecule has 0 saturated heterocycles. The van der Waals surface area contributed by atoms with Gasteiger partial charge in [0.1, 0.15) is 0 Å². The van der Waals surface area contributed by atoms with Crippen LogP contribution in [0.25, 0.3) is 0 Å². The molecule has 0 aliphatic carbocycles. The van der Waals surface area contributed by atoms with Gasteiger partial charge < -0.3 is 0 Å². The summed E-state index contributed by atoms with van der Waals surface area (Å²) in [6.45, 7) is 24.3. The summed E-state index contributed by atoms with van der Waals surface area (Å²) in [4.78, 5) is 4.42. The Morgan fingerprint density at radius 1 is 0.805 bits per heavy atom. The average molecular weight is 550 g/mol. The lowest BCUT2D eigenvalue weighted by molar-refractivity contribution is 0.585. The molecule has 0 aromatic heterocycles. The fourth-order valence-electron chi connectivity index (χ4n) is 5.32. The molecule has 0 N–H and O–H groups in total. The van der Waals surface area contributed by atoms with Crippen LogP contribution in [0.1, 0.15) is 127 Å². The molecule has 0 radical (unpaired) electrons. The van der Waals surface area contributed by atoms with Crippen LogP contribution in [0.2, 0.25) is 0 Å². The largest absolute Gasteiger partial charge is 0.265 e. The molecule has 0 saturated carbocycles. The molecule has 1 atom stereocenters. The molecule has 0 spiro atoms. The van der Waals surface area contributed by atoms with Gasteiger partial charge in [0.15, 0.2) is 0 Å². The zero-order chi connectivity index (χ0) is 30.4. The fourth-order valence-corrected chi connectivity index (χ4v) is 5.32. The summed E-state index contributed by atoms with van der Waals surface area (Å²) < 4.78 is 0. The van der Waals surface area contributed by atoms with E-state index in [9.17, 15) is 0 Å². The zero-order valence-electron chi connectivity index (χ0n) is 27.4. The lowest BCUT2D eigenvalue weighted by Gasteiger charge is -2.23. The average Bonchev–Trinajstić information content (AvgIpc) is 2.97. The molecule has 0 fully saturated rings. The maximum absolute atomic E-state index is 4.42. The van der Waals surface area contributed by atoms with Crippen molar-refractivity contribution in [2.75, 3.05) is 0 Å². The van der Waals surface area contributed by atoms with Crippen LogP contribution in [-0.2, 0) is 5.41 Å². The minimum atomic E-state index is 0.262. The maximum Gasteiger partial charge on any atom is 0.0434 e. The van der Waals surface area contributed by atoms with E-state index >= 15 is 0 Å². The van der Waals surface area contributed by atoms with Gasteiger partial charge >= 0.3 is 0 Å². The van der Waals surface area contributed by atoms with Gasteiger partial charge in [-0.2, -0.15) is 0 Å². The van der Waals surface area contributed by atoms with E-state index in [0.717, 1.165) is 19.3 Å². The van der Waals surface area contributed by atoms with Gasteiger partial charge in [-0.05, 0) is 76.5 Å². The van der Waals surface area contributed by atoms with Gasteiger partial charge in [-0.1, -0.05) is 147 Å². The van der Waals surface area contributed by atoms with Crippen LogP contribution in [0, 0.1) is 6.92 Å². The van der Waals surface area contributed by atoms with Crippen molar-refractivity contribution in [3.8, 4) is 0 Å². The maximum atomic E-state index is 4.42. The van der Waals surface area contributed by atoms with E-state index in [1.54, 1.807) is 0 Å². The third-order valence-corrected chi connectivity index (χ3v) is 8.04. The number of benzene rings is 3. The van der Waals surface area contributed by atoms with Gasteiger partial charge in [-0.3, -0.25) is 4.99 Å². The van der Waals surface area contributed by atoms with E-state index in [4.69, 9.17) is 0 Å². The van der Waals surface area contributed by atoms with Gasteiger partial charge in [-0.15, -0.1) is 0 Å². The van der Waals surface area contributed by atoms with Crippen molar-refractivity contribution < 1.29 is 0 Å². The Morgan fingerprint density at radius 2 is 1.37 bits per heavy atom. The summed E-state index contributed by atoms with van der Waals surface area (Å²) >= 11 is 0. The minimum Gasteiger partial charge on any atom is -0.265 e. The molecule has 4 rings (SSSR count). The first kappa shape index (κ1) is 34.0. The SMILES string of the molecule is C=C1CC=NC(CCC)=C1CC.CC(c1ccccc1)c1ccccc1.CCC(C)c1ccc(C(C)(C)C)c(C)c1. The van der Waals surface area contributed by atoms with E-state index < -0.39 is 0 Å². The van der Waals surface area contributed by atoms with Crippen LogP contribution in [0.15, 0.2) is 107 Å². The smallest absolute Gasteiger partial charge is 0.0434 e. The van der Waals surface area contributed by atoms with Crippen molar-refractivity contribution in [2.45, 2.75) is 112 Å². The first-order valence-electron chi connectivity index (χ1n) is 15.7. The topological polar surface area (TPSA) is 12.4 Å². The summed E-state index contributed by atoms with van der Waals surface area (Å²) in [5.74, 6) is 1.16. The minimum absolute atomic E-state index is 0.262. The highest BCUT2D eigenvalue weighted by Gasteiger charge is 2.16. The normalized spacial score (nSPS) is 13.8. The van der Waals surface area contributed by atoms with Crippen molar-refractivity contribution in [2.24, 2.45) is 4.99 Å². The quantitative estimate of drug-likeness (QED) is 0.278. The van der Waals surface area contributed by atoms with E-state index in [-0.39, 0.29) is 5.41 Å². The van der Waals surface area contributed by atoms with Crippen molar-refractivity contribution in [3.05, 3.63) is 130 Å². The fraction of sp³-hybridized carbons (Fsp3) is 0.425. The number of nitrogens with zero attached hydrogens (tertiary/aromatic N) is 1. The molecule has 1 nitrogen and oxygen atoms in total. The number of aliphatic imine (C=N–C) groups is 1. The molecule has 1 unspecified atom stereocenters. The van der Waals surface area contributed by atoms with Crippen molar-refractivity contribution in [1.82, 2.24) is 0 Å². The van der Waals surface area contributed by atoms with Crippen LogP contribution < -0.4 is 0 Å². The number of aryl methyl sites for hydroxylation is 1. The summed E-state index contributed by atoms with van der Waals surface area (Å²) in [5, 5.41) is 0. The number of hydrogen-bond acceptors (Lipinski definition) is 1. The zero-order valence-corrected chi connectivity index (χ0v) is 27.4. The Morgan fingerprint density at radius 3 is 1.80 bits per heavy atom. The number of allylic oxidation sites excluding steroid dienone is 3. The molecule has 1 aliphatic rings. The second-order valence-corrected chi connectivity index (χ2v) is 12.3. The Balaban J connectivity index is 0.000000216. The van der Waals surface area contributed by atoms with Gasteiger partial charge in [0.25, 0.3) is 0 Å². The molecule has 1 aliphatic heterocycles. The second-order valence-electron chi connectivity index (χ2n) is 12.3. The van der Waals surface area contributed by atoms with Gasteiger partial charge in [0.05, 0.1) is 0 Å². The number of rotatable bonds is 7. The first-order chi connectivity index (χ1) is 19.5. The Hall–Kier alpha value is -3.19. The molecule has 3 aromatic carbocycles. The number of hydrogen-bond donors (Lipinski definition) is 0. The van der Waals surface area contributed by atoms with Gasteiger partial charge in [0.2, 0.25) is 0 Å². The Labute approximate surface area is 252 Å². The van der Waals surface area contributed by atoms with E-state index in [2.05, 4.69) is 153 Å². The van der Waals surface area contributed by atoms with Crippen molar-refractivity contribution >= 4 is 6.21 Å². The molecule has 41 heavy (non-hydrogen) atoms. The highest BCUT2D eigenvalue weighted by atomic mass is 14.7. The molecule has 220 valence electrons. The highest BCUT2D eigenvalue weighted by molar-refractivity contribution is 5.68. The third kappa shape index (κ3) is 10.6.